The van der Waals surface area contributed by atoms with E-state index in [9.17, 15) is 4.79 Å². The second-order valence-electron chi connectivity index (χ2n) is 3.68. The number of carbonyl (C=O) groups is 1. The number of nitrogen functional groups attached to an aromatic ring is 1. The first-order chi connectivity index (χ1) is 8.10. The first kappa shape index (κ1) is 13.2. The molecule has 1 rings (SSSR count). The highest BCUT2D eigenvalue weighted by molar-refractivity contribution is 5.81. The van der Waals surface area contributed by atoms with Crippen molar-refractivity contribution in [1.82, 2.24) is 15.3 Å². The molecule has 0 aliphatic carbocycles. The number of anilines is 2. The highest BCUT2D eigenvalue weighted by Gasteiger charge is 2.14. The molecule has 0 radical (unpaired) electrons. The van der Waals surface area contributed by atoms with Gasteiger partial charge < -0.3 is 16.0 Å². The Morgan fingerprint density at radius 3 is 2.76 bits per heavy atom. The molecular weight excluding hydrogens is 218 g/mol. The SMILES string of the molecule is CCNC(=O)CN(CC)c1ncnc(N)c1C. The molecule has 17 heavy (non-hydrogen) atoms. The molecule has 6 heteroatoms. The molecule has 1 aromatic heterocycles. The Labute approximate surface area is 101 Å². The predicted octanol–water partition coefficient (Wildman–Crippen LogP) is 0.330. The van der Waals surface area contributed by atoms with E-state index in [1.807, 2.05) is 25.7 Å². The van der Waals surface area contributed by atoms with E-state index in [4.69, 9.17) is 5.73 Å². The lowest BCUT2D eigenvalue weighted by molar-refractivity contribution is -0.119. The zero-order valence-corrected chi connectivity index (χ0v) is 10.5. The van der Waals surface area contributed by atoms with E-state index in [2.05, 4.69) is 15.3 Å². The highest BCUT2D eigenvalue weighted by Crippen LogP contribution is 2.19. The summed E-state index contributed by atoms with van der Waals surface area (Å²) in [6.45, 7) is 7.31. The lowest BCUT2D eigenvalue weighted by Gasteiger charge is -2.23. The van der Waals surface area contributed by atoms with Crippen molar-refractivity contribution >= 4 is 17.5 Å². The van der Waals surface area contributed by atoms with Crippen LogP contribution in [-0.4, -0.2) is 35.5 Å². The third-order valence-electron chi connectivity index (χ3n) is 2.49. The largest absolute Gasteiger partial charge is 0.383 e. The molecule has 0 aliphatic heterocycles. The summed E-state index contributed by atoms with van der Waals surface area (Å²) >= 11 is 0. The van der Waals surface area contributed by atoms with Gasteiger partial charge >= 0.3 is 0 Å². The normalized spacial score (nSPS) is 10.1. The summed E-state index contributed by atoms with van der Waals surface area (Å²) in [5.41, 5.74) is 6.53. The van der Waals surface area contributed by atoms with Crippen LogP contribution in [0.2, 0.25) is 0 Å². The highest BCUT2D eigenvalue weighted by atomic mass is 16.2. The van der Waals surface area contributed by atoms with Crippen molar-refractivity contribution in [1.29, 1.82) is 0 Å². The summed E-state index contributed by atoms with van der Waals surface area (Å²) in [6, 6.07) is 0. The van der Waals surface area contributed by atoms with Crippen LogP contribution in [0.3, 0.4) is 0 Å². The van der Waals surface area contributed by atoms with Gasteiger partial charge in [0.15, 0.2) is 0 Å². The minimum atomic E-state index is -0.0223. The summed E-state index contributed by atoms with van der Waals surface area (Å²) in [5.74, 6) is 1.14. The zero-order chi connectivity index (χ0) is 12.8. The van der Waals surface area contributed by atoms with Crippen molar-refractivity contribution in [3.8, 4) is 0 Å². The summed E-state index contributed by atoms with van der Waals surface area (Å²) < 4.78 is 0. The van der Waals surface area contributed by atoms with Crippen molar-refractivity contribution in [3.05, 3.63) is 11.9 Å². The van der Waals surface area contributed by atoms with Gasteiger partial charge in [-0.2, -0.15) is 0 Å². The van der Waals surface area contributed by atoms with Gasteiger partial charge in [0.25, 0.3) is 0 Å². The average Bonchev–Trinajstić information content (AvgIpc) is 2.30. The van der Waals surface area contributed by atoms with Crippen molar-refractivity contribution in [3.63, 3.8) is 0 Å². The fourth-order valence-electron chi connectivity index (χ4n) is 1.54. The van der Waals surface area contributed by atoms with Crippen molar-refractivity contribution < 1.29 is 4.79 Å². The molecule has 0 saturated heterocycles. The maximum atomic E-state index is 11.6. The Morgan fingerprint density at radius 2 is 2.18 bits per heavy atom. The van der Waals surface area contributed by atoms with Gasteiger partial charge in [0.05, 0.1) is 6.54 Å². The van der Waals surface area contributed by atoms with Crippen LogP contribution in [0.5, 0.6) is 0 Å². The second kappa shape index (κ2) is 6.03. The molecule has 1 aromatic rings. The van der Waals surface area contributed by atoms with Crippen molar-refractivity contribution in [2.75, 3.05) is 30.3 Å². The van der Waals surface area contributed by atoms with Gasteiger partial charge in [-0.3, -0.25) is 4.79 Å². The molecule has 3 N–H and O–H groups in total. The van der Waals surface area contributed by atoms with E-state index >= 15 is 0 Å². The van der Waals surface area contributed by atoms with Gasteiger partial charge in [0.2, 0.25) is 5.91 Å². The van der Waals surface area contributed by atoms with Gasteiger partial charge in [-0.25, -0.2) is 9.97 Å². The number of nitrogens with two attached hydrogens (primary N) is 1. The maximum absolute atomic E-state index is 11.6. The summed E-state index contributed by atoms with van der Waals surface area (Å²) in [7, 11) is 0. The average molecular weight is 237 g/mol. The number of hydrogen-bond donors (Lipinski definition) is 2. The number of amides is 1. The number of likely N-dealkylation sites (N-methyl/N-ethyl adjacent to an activating group) is 2. The van der Waals surface area contributed by atoms with Crippen LogP contribution in [0.15, 0.2) is 6.33 Å². The molecule has 94 valence electrons. The molecule has 0 bridgehead atoms. The van der Waals surface area contributed by atoms with Gasteiger partial charge in [-0.05, 0) is 20.8 Å². The second-order valence-corrected chi connectivity index (χ2v) is 3.68. The monoisotopic (exact) mass is 237 g/mol. The topological polar surface area (TPSA) is 84.1 Å². The predicted molar refractivity (Wildman–Crippen MR) is 67.8 cm³/mol. The standard InChI is InChI=1S/C11H19N5O/c1-4-13-9(17)6-16(5-2)11-8(3)10(12)14-7-15-11/h7H,4-6H2,1-3H3,(H,13,17)(H2,12,14,15). The lowest BCUT2D eigenvalue weighted by Crippen LogP contribution is -2.38. The molecule has 0 spiro atoms. The quantitative estimate of drug-likeness (QED) is 0.771. The number of rotatable bonds is 5. The Kier molecular flexibility index (Phi) is 4.68. The minimum absolute atomic E-state index is 0.0223. The first-order valence-corrected chi connectivity index (χ1v) is 5.68. The van der Waals surface area contributed by atoms with E-state index < -0.39 is 0 Å². The van der Waals surface area contributed by atoms with Gasteiger partial charge in [0.1, 0.15) is 18.0 Å². The third kappa shape index (κ3) is 3.30. The van der Waals surface area contributed by atoms with E-state index in [-0.39, 0.29) is 12.5 Å². The van der Waals surface area contributed by atoms with Crippen LogP contribution in [0.1, 0.15) is 19.4 Å². The minimum Gasteiger partial charge on any atom is -0.383 e. The molecule has 0 aromatic carbocycles. The van der Waals surface area contributed by atoms with E-state index in [1.54, 1.807) is 0 Å². The molecule has 0 unspecified atom stereocenters. The summed E-state index contributed by atoms with van der Waals surface area (Å²) in [6.07, 6.45) is 1.41. The van der Waals surface area contributed by atoms with E-state index in [0.717, 1.165) is 5.56 Å². The van der Waals surface area contributed by atoms with Crippen LogP contribution in [0.4, 0.5) is 11.6 Å². The van der Waals surface area contributed by atoms with Crippen molar-refractivity contribution in [2.24, 2.45) is 0 Å². The summed E-state index contributed by atoms with van der Waals surface area (Å²) in [5, 5.41) is 2.76. The number of aromatic nitrogens is 2. The zero-order valence-electron chi connectivity index (χ0n) is 10.5. The van der Waals surface area contributed by atoms with Crippen molar-refractivity contribution in [2.45, 2.75) is 20.8 Å². The van der Waals surface area contributed by atoms with Crippen LogP contribution in [-0.2, 0) is 4.79 Å². The van der Waals surface area contributed by atoms with E-state index in [1.165, 1.54) is 6.33 Å². The van der Waals surface area contributed by atoms with Gasteiger partial charge in [0, 0.05) is 18.7 Å². The molecule has 0 atom stereocenters. The van der Waals surface area contributed by atoms with Crippen LogP contribution in [0, 0.1) is 6.92 Å². The molecule has 0 saturated carbocycles. The maximum Gasteiger partial charge on any atom is 0.239 e. The third-order valence-corrected chi connectivity index (χ3v) is 2.49. The number of nitrogens with zero attached hydrogens (tertiary/aromatic N) is 3. The summed E-state index contributed by atoms with van der Waals surface area (Å²) in [4.78, 5) is 21.5. The fourth-order valence-corrected chi connectivity index (χ4v) is 1.54. The first-order valence-electron chi connectivity index (χ1n) is 5.68. The van der Waals surface area contributed by atoms with Gasteiger partial charge in [-0.15, -0.1) is 0 Å². The smallest absolute Gasteiger partial charge is 0.239 e. The van der Waals surface area contributed by atoms with Crippen LogP contribution < -0.4 is 16.0 Å². The molecule has 0 fully saturated rings. The Hall–Kier alpha value is -1.85. The number of nitrogens with one attached hydrogen (secondary N) is 1. The number of carbonyl (C=O) groups excluding carboxylic acids is 1. The molecule has 0 aliphatic rings. The molecular formula is C11H19N5O. The lowest BCUT2D eigenvalue weighted by atomic mass is 10.3. The van der Waals surface area contributed by atoms with Crippen LogP contribution in [0.25, 0.3) is 0 Å². The fraction of sp³-hybridized carbons (Fsp3) is 0.545. The Bertz CT molecular complexity index is 393. The Balaban J connectivity index is 2.86. The van der Waals surface area contributed by atoms with E-state index in [0.29, 0.717) is 24.7 Å². The molecule has 1 amide bonds. The van der Waals surface area contributed by atoms with Crippen LogP contribution >= 0.6 is 0 Å². The molecule has 6 nitrogen and oxygen atoms in total. The van der Waals surface area contributed by atoms with Gasteiger partial charge in [-0.1, -0.05) is 0 Å². The Morgan fingerprint density at radius 1 is 1.47 bits per heavy atom. The molecule has 1 heterocycles. The number of hydrogen-bond acceptors (Lipinski definition) is 5.